The molecule has 0 bridgehead atoms. The molecule has 3 N–H and O–H groups in total. The fourth-order valence-corrected chi connectivity index (χ4v) is 4.68. The van der Waals surface area contributed by atoms with E-state index >= 15 is 0 Å². The topological polar surface area (TPSA) is 47.3 Å². The highest BCUT2D eigenvalue weighted by Gasteiger charge is 2.41. The molecule has 2 atom stereocenters. The average molecular weight is 272 g/mol. The second-order valence-electron chi connectivity index (χ2n) is 7.07. The summed E-state index contributed by atoms with van der Waals surface area (Å²) in [6.45, 7) is 9.48. The number of ether oxygens (including phenoxy) is 1. The van der Waals surface area contributed by atoms with Crippen molar-refractivity contribution in [3.63, 3.8) is 0 Å². The number of hydrogen-bond donors (Lipinski definition) is 2. The van der Waals surface area contributed by atoms with Gasteiger partial charge in [0.05, 0.1) is 5.60 Å². The van der Waals surface area contributed by atoms with E-state index in [1.54, 1.807) is 0 Å². The van der Waals surface area contributed by atoms with Crippen LogP contribution in [0.5, 0.6) is 0 Å². The van der Waals surface area contributed by atoms with Crippen molar-refractivity contribution in [2.45, 2.75) is 51.2 Å². The molecular weight excluding hydrogens is 244 g/mol. The molecule has 2 saturated heterocycles. The molecule has 0 aromatic rings. The summed E-state index contributed by atoms with van der Waals surface area (Å²) in [7, 11) is 0. The Hall–Kier alpha value is 0.230. The molecule has 0 aliphatic carbocycles. The van der Waals surface area contributed by atoms with E-state index in [4.69, 9.17) is 10.5 Å². The van der Waals surface area contributed by atoms with Gasteiger partial charge in [0.25, 0.3) is 0 Å². The quantitative estimate of drug-likeness (QED) is 0.822. The van der Waals surface area contributed by atoms with Gasteiger partial charge in [-0.25, -0.2) is 0 Å². The zero-order chi connectivity index (χ0) is 13.3. The zero-order valence-corrected chi connectivity index (χ0v) is 12.9. The van der Waals surface area contributed by atoms with E-state index in [0.29, 0.717) is 5.41 Å². The summed E-state index contributed by atoms with van der Waals surface area (Å²) in [6.07, 6.45) is 3.52. The Balaban J connectivity index is 1.95. The van der Waals surface area contributed by atoms with Crippen LogP contribution in [0.25, 0.3) is 0 Å². The van der Waals surface area contributed by atoms with Crippen LogP contribution in [0, 0.1) is 5.41 Å². The molecular formula is C14H28N2OS. The molecule has 0 aromatic carbocycles. The van der Waals surface area contributed by atoms with Gasteiger partial charge in [-0.2, -0.15) is 11.8 Å². The highest BCUT2D eigenvalue weighted by Crippen LogP contribution is 2.39. The average Bonchev–Trinajstić information content (AvgIpc) is 2.73. The van der Waals surface area contributed by atoms with Crippen molar-refractivity contribution in [1.82, 2.24) is 5.32 Å². The summed E-state index contributed by atoms with van der Waals surface area (Å²) < 4.78 is 5.86. The molecule has 2 fully saturated rings. The Morgan fingerprint density at radius 2 is 2.06 bits per heavy atom. The molecule has 0 saturated carbocycles. The van der Waals surface area contributed by atoms with Crippen LogP contribution in [0.3, 0.4) is 0 Å². The van der Waals surface area contributed by atoms with Gasteiger partial charge in [-0.3, -0.25) is 0 Å². The molecule has 0 amide bonds. The first-order chi connectivity index (χ1) is 8.39. The van der Waals surface area contributed by atoms with Crippen molar-refractivity contribution in [3.05, 3.63) is 0 Å². The van der Waals surface area contributed by atoms with Gasteiger partial charge >= 0.3 is 0 Å². The van der Waals surface area contributed by atoms with Gasteiger partial charge in [-0.15, -0.1) is 0 Å². The highest BCUT2D eigenvalue weighted by atomic mass is 32.2. The van der Waals surface area contributed by atoms with Gasteiger partial charge in [0.1, 0.15) is 0 Å². The van der Waals surface area contributed by atoms with Crippen molar-refractivity contribution < 1.29 is 4.74 Å². The summed E-state index contributed by atoms with van der Waals surface area (Å²) in [6, 6.07) is 0. The fraction of sp³-hybridized carbons (Fsp3) is 1.00. The Bertz CT molecular complexity index is 290. The lowest BCUT2D eigenvalue weighted by Gasteiger charge is -2.46. The summed E-state index contributed by atoms with van der Waals surface area (Å²) in [5.41, 5.74) is 6.57. The van der Waals surface area contributed by atoms with E-state index in [0.717, 1.165) is 31.9 Å². The lowest BCUT2D eigenvalue weighted by atomic mass is 9.79. The third kappa shape index (κ3) is 3.41. The minimum absolute atomic E-state index is 0.0222. The minimum Gasteiger partial charge on any atom is -0.374 e. The van der Waals surface area contributed by atoms with E-state index in [1.807, 2.05) is 11.8 Å². The maximum absolute atomic E-state index is 6.07. The Morgan fingerprint density at radius 3 is 2.61 bits per heavy atom. The molecule has 4 heteroatoms. The maximum atomic E-state index is 6.07. The van der Waals surface area contributed by atoms with Crippen LogP contribution in [0.4, 0.5) is 0 Å². The van der Waals surface area contributed by atoms with Crippen molar-refractivity contribution in [3.8, 4) is 0 Å². The zero-order valence-electron chi connectivity index (χ0n) is 12.1. The second kappa shape index (κ2) is 5.31. The number of rotatable bonds is 4. The molecule has 18 heavy (non-hydrogen) atoms. The molecule has 0 spiro atoms. The molecule has 2 aliphatic heterocycles. The molecule has 0 aromatic heterocycles. The Morgan fingerprint density at radius 1 is 1.28 bits per heavy atom. The van der Waals surface area contributed by atoms with Crippen molar-refractivity contribution >= 4 is 11.8 Å². The van der Waals surface area contributed by atoms with E-state index in [2.05, 4.69) is 26.1 Å². The third-order valence-electron chi connectivity index (χ3n) is 4.22. The molecule has 2 rings (SSSR count). The van der Waals surface area contributed by atoms with E-state index in [9.17, 15) is 0 Å². The summed E-state index contributed by atoms with van der Waals surface area (Å²) in [5, 5.41) is 3.75. The van der Waals surface area contributed by atoms with Gasteiger partial charge < -0.3 is 15.8 Å². The molecule has 2 aliphatic rings. The van der Waals surface area contributed by atoms with Crippen LogP contribution >= 0.6 is 11.8 Å². The van der Waals surface area contributed by atoms with Crippen molar-refractivity contribution in [1.29, 1.82) is 0 Å². The van der Waals surface area contributed by atoms with Crippen molar-refractivity contribution in [2.24, 2.45) is 11.1 Å². The number of thioether (sulfide) groups is 1. The largest absolute Gasteiger partial charge is 0.374 e. The van der Waals surface area contributed by atoms with Crippen LogP contribution in [-0.4, -0.2) is 42.3 Å². The van der Waals surface area contributed by atoms with E-state index < -0.39 is 0 Å². The van der Waals surface area contributed by atoms with Gasteiger partial charge in [0.2, 0.25) is 0 Å². The molecule has 2 heterocycles. The first-order valence-electron chi connectivity index (χ1n) is 7.06. The molecule has 106 valence electrons. The standard InChI is InChI=1S/C14H28N2OS/c1-12(2)7-14(8-15,11-18-10-12)16-9-13(3)5-4-6-17-13/h16H,4-11,15H2,1-3H3. The predicted molar refractivity (Wildman–Crippen MR) is 79.1 cm³/mol. The van der Waals surface area contributed by atoms with Crippen LogP contribution in [-0.2, 0) is 4.74 Å². The normalized spacial score (nSPS) is 40.0. The van der Waals surface area contributed by atoms with Gasteiger partial charge in [-0.05, 0) is 37.4 Å². The first kappa shape index (κ1) is 14.6. The van der Waals surface area contributed by atoms with Gasteiger partial charge in [0.15, 0.2) is 0 Å². The Kier molecular flexibility index (Phi) is 4.32. The second-order valence-corrected chi connectivity index (χ2v) is 8.06. The minimum atomic E-state index is 0.0222. The Labute approximate surface area is 116 Å². The van der Waals surface area contributed by atoms with Gasteiger partial charge in [0, 0.05) is 31.0 Å². The molecule has 3 nitrogen and oxygen atoms in total. The SMILES string of the molecule is CC1(C)CSCC(CN)(NCC2(C)CCCO2)C1. The number of hydrogen-bond acceptors (Lipinski definition) is 4. The van der Waals surface area contributed by atoms with Crippen molar-refractivity contribution in [2.75, 3.05) is 31.2 Å². The lowest BCUT2D eigenvalue weighted by Crippen LogP contribution is -2.60. The van der Waals surface area contributed by atoms with Crippen LogP contribution in [0.15, 0.2) is 0 Å². The third-order valence-corrected chi connectivity index (χ3v) is 5.96. The first-order valence-corrected chi connectivity index (χ1v) is 8.21. The van der Waals surface area contributed by atoms with E-state index in [1.165, 1.54) is 18.6 Å². The van der Waals surface area contributed by atoms with Crippen LogP contribution < -0.4 is 11.1 Å². The predicted octanol–water partition coefficient (Wildman–Crippen LogP) is 2.01. The van der Waals surface area contributed by atoms with Gasteiger partial charge in [-0.1, -0.05) is 13.8 Å². The smallest absolute Gasteiger partial charge is 0.0779 e. The summed E-state index contributed by atoms with van der Waals surface area (Å²) in [4.78, 5) is 0. The highest BCUT2D eigenvalue weighted by molar-refractivity contribution is 7.99. The van der Waals surface area contributed by atoms with E-state index in [-0.39, 0.29) is 11.1 Å². The van der Waals surface area contributed by atoms with Crippen LogP contribution in [0.2, 0.25) is 0 Å². The number of nitrogens with one attached hydrogen (secondary N) is 1. The molecule has 2 unspecified atom stereocenters. The summed E-state index contributed by atoms with van der Waals surface area (Å²) >= 11 is 2.03. The monoisotopic (exact) mass is 272 g/mol. The lowest BCUT2D eigenvalue weighted by molar-refractivity contribution is 0.0130. The summed E-state index contributed by atoms with van der Waals surface area (Å²) in [5.74, 6) is 2.37. The molecule has 0 radical (unpaired) electrons. The number of nitrogens with two attached hydrogens (primary N) is 1. The maximum Gasteiger partial charge on any atom is 0.0779 e. The van der Waals surface area contributed by atoms with Crippen LogP contribution in [0.1, 0.15) is 40.0 Å². The fourth-order valence-electron chi connectivity index (χ4n) is 3.21.